The molecule has 10 heteroatoms. The maximum absolute atomic E-state index is 12.2. The predicted octanol–water partition coefficient (Wildman–Crippen LogP) is 7.56. The third-order valence-electron chi connectivity index (χ3n) is 5.64. The summed E-state index contributed by atoms with van der Waals surface area (Å²) in [6.45, 7) is 8.50. The van der Waals surface area contributed by atoms with Crippen LogP contribution in [0.15, 0.2) is 73.1 Å². The molecule has 0 spiro atoms. The number of hydrogen-bond donors (Lipinski definition) is 2. The molecule has 3 N–H and O–H groups in total. The van der Waals surface area contributed by atoms with E-state index in [2.05, 4.69) is 60.0 Å². The fraction of sp³-hybridized carbons (Fsp3) is 0.276. The number of thiocarbonyl (C=S) groups is 1. The smallest absolute Gasteiger partial charge is 0.406 e. The molecule has 206 valence electrons. The van der Waals surface area contributed by atoms with Crippen molar-refractivity contribution in [2.45, 2.75) is 52.8 Å². The van der Waals surface area contributed by atoms with E-state index in [-0.39, 0.29) is 5.75 Å². The zero-order valence-electron chi connectivity index (χ0n) is 22.3. The molecule has 0 aliphatic carbocycles. The number of nitrogens with two attached hydrogens (primary N) is 1. The van der Waals surface area contributed by atoms with Crippen LogP contribution in [0.2, 0.25) is 0 Å². The molecule has 39 heavy (non-hydrogen) atoms. The van der Waals surface area contributed by atoms with Gasteiger partial charge in [-0.05, 0) is 79.0 Å². The van der Waals surface area contributed by atoms with Crippen LogP contribution in [-0.2, 0) is 6.42 Å². The highest BCUT2D eigenvalue weighted by Gasteiger charge is 2.31. The standard InChI is InChI=1S/C18H16F3N3O.C11H16N2S/c1-2-4-13-5-3-6-14(11-13)17-22-12-24(23-17)15-7-9-16(10-8-15)25-18(19,20)21;1-7(2)9-6-8(3)4-5-10(9)13-11(12)14/h3,5-12H,2,4H2,1H3;4-7H,1-3H3,(H3,12,13,14). The van der Waals surface area contributed by atoms with E-state index in [9.17, 15) is 13.2 Å². The maximum atomic E-state index is 12.2. The molecule has 1 aromatic heterocycles. The average Bonchev–Trinajstić information content (AvgIpc) is 3.36. The van der Waals surface area contributed by atoms with Crippen LogP contribution < -0.4 is 15.8 Å². The third kappa shape index (κ3) is 9.10. The van der Waals surface area contributed by atoms with Crippen molar-refractivity contribution in [3.8, 4) is 22.8 Å². The minimum absolute atomic E-state index is 0.274. The highest BCUT2D eigenvalue weighted by atomic mass is 32.1. The van der Waals surface area contributed by atoms with Crippen molar-refractivity contribution in [1.82, 2.24) is 14.8 Å². The normalized spacial score (nSPS) is 11.1. The first kappa shape index (κ1) is 29.6. The van der Waals surface area contributed by atoms with Crippen molar-refractivity contribution in [3.63, 3.8) is 0 Å². The number of aryl methyl sites for hydroxylation is 2. The summed E-state index contributed by atoms with van der Waals surface area (Å²) >= 11 is 4.82. The molecular weight excluding hydrogens is 523 g/mol. The van der Waals surface area contributed by atoms with Gasteiger partial charge in [-0.2, -0.15) is 0 Å². The van der Waals surface area contributed by atoms with Crippen LogP contribution >= 0.6 is 12.2 Å². The van der Waals surface area contributed by atoms with E-state index in [1.54, 1.807) is 0 Å². The third-order valence-corrected chi connectivity index (χ3v) is 5.74. The lowest BCUT2D eigenvalue weighted by molar-refractivity contribution is -0.274. The molecule has 6 nitrogen and oxygen atoms in total. The largest absolute Gasteiger partial charge is 0.573 e. The molecular formula is C29H32F3N5OS. The molecule has 0 bridgehead atoms. The average molecular weight is 556 g/mol. The number of ether oxygens (including phenoxy) is 1. The van der Waals surface area contributed by atoms with Crippen molar-refractivity contribution in [2.24, 2.45) is 5.73 Å². The Kier molecular flexibility index (Phi) is 10.1. The zero-order valence-corrected chi connectivity index (χ0v) is 23.1. The van der Waals surface area contributed by atoms with Crippen molar-refractivity contribution >= 4 is 23.0 Å². The minimum Gasteiger partial charge on any atom is -0.406 e. The zero-order chi connectivity index (χ0) is 28.6. The summed E-state index contributed by atoms with van der Waals surface area (Å²) in [6, 6.07) is 19.7. The van der Waals surface area contributed by atoms with Gasteiger partial charge in [0.15, 0.2) is 10.9 Å². The Hall–Kier alpha value is -3.92. The van der Waals surface area contributed by atoms with Crippen LogP contribution in [0.5, 0.6) is 5.75 Å². The van der Waals surface area contributed by atoms with Crippen molar-refractivity contribution in [3.05, 3.63) is 89.7 Å². The van der Waals surface area contributed by atoms with Crippen LogP contribution in [0.1, 0.15) is 49.8 Å². The van der Waals surface area contributed by atoms with Crippen LogP contribution in [0, 0.1) is 6.92 Å². The highest BCUT2D eigenvalue weighted by molar-refractivity contribution is 7.80. The molecule has 0 aliphatic heterocycles. The Morgan fingerprint density at radius 2 is 1.79 bits per heavy atom. The van der Waals surface area contributed by atoms with Gasteiger partial charge in [-0.25, -0.2) is 9.67 Å². The number of nitrogens with zero attached hydrogens (tertiary/aromatic N) is 3. The second-order valence-electron chi connectivity index (χ2n) is 9.24. The molecule has 0 atom stereocenters. The van der Waals surface area contributed by atoms with Gasteiger partial charge < -0.3 is 15.8 Å². The van der Waals surface area contributed by atoms with E-state index in [0.717, 1.165) is 24.1 Å². The van der Waals surface area contributed by atoms with Gasteiger partial charge in [0.25, 0.3) is 0 Å². The van der Waals surface area contributed by atoms with Gasteiger partial charge in [0, 0.05) is 11.3 Å². The van der Waals surface area contributed by atoms with Crippen LogP contribution in [0.25, 0.3) is 17.1 Å². The molecule has 0 saturated heterocycles. The lowest BCUT2D eigenvalue weighted by Crippen LogP contribution is -2.20. The lowest BCUT2D eigenvalue weighted by atomic mass is 9.99. The van der Waals surface area contributed by atoms with Gasteiger partial charge in [0.2, 0.25) is 0 Å². The fourth-order valence-electron chi connectivity index (χ4n) is 3.88. The van der Waals surface area contributed by atoms with Gasteiger partial charge >= 0.3 is 6.36 Å². The summed E-state index contributed by atoms with van der Waals surface area (Å²) in [5.74, 6) is 0.754. The Bertz CT molecular complexity index is 1380. The van der Waals surface area contributed by atoms with Gasteiger partial charge in [-0.3, -0.25) is 0 Å². The number of aromatic nitrogens is 3. The number of anilines is 1. The monoisotopic (exact) mass is 555 g/mol. The van der Waals surface area contributed by atoms with Crippen LogP contribution in [0.3, 0.4) is 0 Å². The van der Waals surface area contributed by atoms with E-state index < -0.39 is 6.36 Å². The number of hydrogen-bond acceptors (Lipinski definition) is 4. The lowest BCUT2D eigenvalue weighted by Gasteiger charge is -2.14. The molecule has 4 aromatic rings. The molecule has 1 heterocycles. The van der Waals surface area contributed by atoms with Crippen molar-refractivity contribution in [1.29, 1.82) is 0 Å². The van der Waals surface area contributed by atoms with Crippen molar-refractivity contribution < 1.29 is 17.9 Å². The van der Waals surface area contributed by atoms with Gasteiger partial charge in [-0.1, -0.05) is 63.1 Å². The summed E-state index contributed by atoms with van der Waals surface area (Å²) in [5, 5.41) is 7.71. The van der Waals surface area contributed by atoms with Gasteiger partial charge in [0.1, 0.15) is 12.1 Å². The number of rotatable bonds is 7. The van der Waals surface area contributed by atoms with E-state index >= 15 is 0 Å². The Morgan fingerprint density at radius 3 is 2.41 bits per heavy atom. The maximum Gasteiger partial charge on any atom is 0.573 e. The molecule has 4 rings (SSSR count). The number of alkyl halides is 3. The topological polar surface area (TPSA) is 78.0 Å². The van der Waals surface area contributed by atoms with Crippen molar-refractivity contribution in [2.75, 3.05) is 5.32 Å². The Morgan fingerprint density at radius 1 is 1.08 bits per heavy atom. The van der Waals surface area contributed by atoms with Crippen LogP contribution in [-0.4, -0.2) is 26.2 Å². The highest BCUT2D eigenvalue weighted by Crippen LogP contribution is 2.26. The quantitative estimate of drug-likeness (QED) is 0.229. The van der Waals surface area contributed by atoms with Gasteiger partial charge in [0.05, 0.1) is 5.69 Å². The summed E-state index contributed by atoms with van der Waals surface area (Å²) in [4.78, 5) is 4.29. The summed E-state index contributed by atoms with van der Waals surface area (Å²) in [5.41, 5.74) is 11.7. The van der Waals surface area contributed by atoms with Gasteiger partial charge in [-0.15, -0.1) is 18.3 Å². The van der Waals surface area contributed by atoms with Crippen LogP contribution in [0.4, 0.5) is 18.9 Å². The fourth-order valence-corrected chi connectivity index (χ4v) is 3.99. The minimum atomic E-state index is -4.70. The van der Waals surface area contributed by atoms with E-state index in [1.165, 1.54) is 52.0 Å². The SMILES string of the molecule is CCCc1cccc(-c2ncn(-c3ccc(OC(F)(F)F)cc3)n2)c1.Cc1ccc(NC(N)=S)c(C(C)C)c1. The number of nitrogens with one attached hydrogen (secondary N) is 1. The Balaban J connectivity index is 0.000000255. The first-order chi connectivity index (χ1) is 18.4. The first-order valence-electron chi connectivity index (χ1n) is 12.5. The number of halogens is 3. The van der Waals surface area contributed by atoms with E-state index in [4.69, 9.17) is 18.0 Å². The summed E-state index contributed by atoms with van der Waals surface area (Å²) < 4.78 is 42.0. The summed E-state index contributed by atoms with van der Waals surface area (Å²) in [7, 11) is 0. The molecule has 0 radical (unpaired) electrons. The summed E-state index contributed by atoms with van der Waals surface area (Å²) in [6.07, 6.45) is -1.14. The molecule has 0 fully saturated rings. The van der Waals surface area contributed by atoms with E-state index in [0.29, 0.717) is 22.5 Å². The molecule has 0 unspecified atom stereocenters. The second kappa shape index (κ2) is 13.2. The molecule has 3 aromatic carbocycles. The molecule has 0 aliphatic rings. The second-order valence-corrected chi connectivity index (χ2v) is 9.68. The number of benzene rings is 3. The predicted molar refractivity (Wildman–Crippen MR) is 153 cm³/mol. The molecule has 0 amide bonds. The first-order valence-corrected chi connectivity index (χ1v) is 12.9. The molecule has 0 saturated carbocycles. The van der Waals surface area contributed by atoms with E-state index in [1.807, 2.05) is 30.3 Å². The Labute approximate surface area is 232 Å².